The summed E-state index contributed by atoms with van der Waals surface area (Å²) in [5.41, 5.74) is 6.62. The van der Waals surface area contributed by atoms with Gasteiger partial charge in [-0.15, -0.1) is 0 Å². The van der Waals surface area contributed by atoms with Crippen LogP contribution >= 0.6 is 0 Å². The molecule has 0 saturated carbocycles. The topological polar surface area (TPSA) is 18.0 Å². The molecule has 2 nitrogen and oxygen atoms in total. The Bertz CT molecular complexity index is 410. The summed E-state index contributed by atoms with van der Waals surface area (Å²) in [4.78, 5) is 0. The zero-order chi connectivity index (χ0) is 9.80. The Morgan fingerprint density at radius 3 is 2.50 bits per heavy atom. The molecule has 14 heavy (non-hydrogen) atoms. The molecule has 1 aromatic heterocycles. The Hall–Kier alpha value is -1.83. The summed E-state index contributed by atoms with van der Waals surface area (Å²) in [5, 5.41) is 0. The van der Waals surface area contributed by atoms with Crippen LogP contribution < -0.4 is 4.68 Å². The smallest absolute Gasteiger partial charge is 0.164 e. The van der Waals surface area contributed by atoms with E-state index in [1.54, 1.807) is 4.68 Å². The molecule has 0 radical (unpaired) electrons. The normalized spacial score (nSPS) is 9.79. The van der Waals surface area contributed by atoms with E-state index in [1.807, 2.05) is 42.7 Å². The van der Waals surface area contributed by atoms with Crippen molar-refractivity contribution >= 4 is 5.69 Å². The van der Waals surface area contributed by atoms with Gasteiger partial charge in [0, 0.05) is 12.1 Å². The second-order valence-electron chi connectivity index (χ2n) is 3.19. The average Bonchev–Trinajstić information content (AvgIpc) is 2.19. The van der Waals surface area contributed by atoms with Gasteiger partial charge < -0.3 is 5.43 Å². The summed E-state index contributed by atoms with van der Waals surface area (Å²) in [7, 11) is 0. The first-order valence-corrected chi connectivity index (χ1v) is 4.59. The molecule has 70 valence electrons. The Morgan fingerprint density at radius 2 is 1.79 bits per heavy atom. The standard InChI is InChI=1S/C12H12N2/c1-11-6-5-7-12(10-11)13-14-8-3-2-4-9-14/h2-10H,1H3. The van der Waals surface area contributed by atoms with Crippen LogP contribution in [0.3, 0.4) is 0 Å². The maximum atomic E-state index is 4.42. The maximum Gasteiger partial charge on any atom is 0.164 e. The van der Waals surface area contributed by atoms with Gasteiger partial charge in [-0.2, -0.15) is 0 Å². The van der Waals surface area contributed by atoms with Crippen LogP contribution in [0.2, 0.25) is 0 Å². The molecule has 2 aromatic rings. The van der Waals surface area contributed by atoms with Gasteiger partial charge >= 0.3 is 0 Å². The Morgan fingerprint density at radius 1 is 1.00 bits per heavy atom. The largest absolute Gasteiger partial charge is 0.405 e. The number of nitrogens with zero attached hydrogens (tertiary/aromatic N) is 2. The van der Waals surface area contributed by atoms with Crippen LogP contribution in [0, 0.1) is 6.92 Å². The van der Waals surface area contributed by atoms with E-state index in [-0.39, 0.29) is 0 Å². The van der Waals surface area contributed by atoms with Crippen molar-refractivity contribution < 1.29 is 4.68 Å². The molecule has 0 bridgehead atoms. The molecule has 0 atom stereocenters. The van der Waals surface area contributed by atoms with Crippen LogP contribution in [0.1, 0.15) is 5.56 Å². The van der Waals surface area contributed by atoms with E-state index in [1.165, 1.54) is 5.56 Å². The predicted molar refractivity (Wildman–Crippen MR) is 56.2 cm³/mol. The van der Waals surface area contributed by atoms with Crippen LogP contribution in [-0.2, 0) is 0 Å². The molecule has 0 N–H and O–H groups in total. The van der Waals surface area contributed by atoms with E-state index in [0.717, 1.165) is 5.69 Å². The van der Waals surface area contributed by atoms with Crippen LogP contribution in [0.25, 0.3) is 5.43 Å². The summed E-state index contributed by atoms with van der Waals surface area (Å²) in [5.74, 6) is 0. The molecule has 0 aliphatic carbocycles. The molecule has 1 heterocycles. The lowest BCUT2D eigenvalue weighted by molar-refractivity contribution is -0.619. The van der Waals surface area contributed by atoms with Gasteiger partial charge in [0.25, 0.3) is 0 Å². The zero-order valence-corrected chi connectivity index (χ0v) is 8.09. The zero-order valence-electron chi connectivity index (χ0n) is 8.09. The van der Waals surface area contributed by atoms with Crippen LogP contribution in [-0.4, -0.2) is 0 Å². The minimum atomic E-state index is 0.973. The number of rotatable bonds is 2. The van der Waals surface area contributed by atoms with Crippen molar-refractivity contribution in [2.75, 3.05) is 0 Å². The Labute approximate surface area is 83.8 Å². The third-order valence-electron chi connectivity index (χ3n) is 1.93. The number of hydrogen-bond acceptors (Lipinski definition) is 0. The minimum absolute atomic E-state index is 0.973. The molecular formula is C12H12N2. The van der Waals surface area contributed by atoms with E-state index in [0.29, 0.717) is 0 Å². The predicted octanol–water partition coefficient (Wildman–Crippen LogP) is 2.75. The summed E-state index contributed by atoms with van der Waals surface area (Å²) < 4.78 is 1.80. The quantitative estimate of drug-likeness (QED) is 0.639. The van der Waals surface area contributed by atoms with Gasteiger partial charge in [0.05, 0.1) is 0 Å². The lowest BCUT2D eigenvalue weighted by atomic mass is 10.2. The second kappa shape index (κ2) is 3.92. The van der Waals surface area contributed by atoms with Gasteiger partial charge in [0.15, 0.2) is 12.4 Å². The van der Waals surface area contributed by atoms with E-state index in [2.05, 4.69) is 24.5 Å². The molecule has 0 saturated heterocycles. The van der Waals surface area contributed by atoms with Crippen molar-refractivity contribution in [2.45, 2.75) is 6.92 Å². The molecular weight excluding hydrogens is 172 g/mol. The van der Waals surface area contributed by atoms with Crippen LogP contribution in [0.5, 0.6) is 0 Å². The number of pyridine rings is 1. The van der Waals surface area contributed by atoms with Crippen molar-refractivity contribution in [3.63, 3.8) is 0 Å². The molecule has 1 aromatic carbocycles. The van der Waals surface area contributed by atoms with Gasteiger partial charge in [0.1, 0.15) is 0 Å². The molecule has 2 rings (SSSR count). The van der Waals surface area contributed by atoms with Gasteiger partial charge in [-0.05, 0) is 6.92 Å². The summed E-state index contributed by atoms with van der Waals surface area (Å²) in [6.45, 7) is 2.06. The number of hydrogen-bond donors (Lipinski definition) is 0. The molecule has 0 unspecified atom stereocenters. The fraction of sp³-hybridized carbons (Fsp3) is 0.0833. The van der Waals surface area contributed by atoms with Crippen LogP contribution in [0.15, 0.2) is 54.9 Å². The van der Waals surface area contributed by atoms with E-state index in [9.17, 15) is 0 Å². The van der Waals surface area contributed by atoms with Gasteiger partial charge in [-0.25, -0.2) is 4.68 Å². The van der Waals surface area contributed by atoms with Crippen molar-refractivity contribution in [1.29, 1.82) is 0 Å². The third-order valence-corrected chi connectivity index (χ3v) is 1.93. The first kappa shape index (κ1) is 8.75. The first-order valence-electron chi connectivity index (χ1n) is 4.59. The average molecular weight is 184 g/mol. The monoisotopic (exact) mass is 184 g/mol. The highest BCUT2D eigenvalue weighted by Gasteiger charge is 1.87. The Kier molecular flexibility index (Phi) is 2.45. The highest BCUT2D eigenvalue weighted by molar-refractivity contribution is 5.46. The summed E-state index contributed by atoms with van der Waals surface area (Å²) >= 11 is 0. The van der Waals surface area contributed by atoms with E-state index in [4.69, 9.17) is 0 Å². The van der Waals surface area contributed by atoms with Crippen molar-refractivity contribution in [1.82, 2.24) is 0 Å². The molecule has 0 fully saturated rings. The third kappa shape index (κ3) is 2.10. The summed E-state index contributed by atoms with van der Waals surface area (Å²) in [6, 6.07) is 14.0. The van der Waals surface area contributed by atoms with Crippen LogP contribution in [0.4, 0.5) is 5.69 Å². The van der Waals surface area contributed by atoms with E-state index >= 15 is 0 Å². The lowest BCUT2D eigenvalue weighted by Gasteiger charge is -2.13. The maximum absolute atomic E-state index is 4.42. The second-order valence-corrected chi connectivity index (χ2v) is 3.19. The number of benzene rings is 1. The van der Waals surface area contributed by atoms with Gasteiger partial charge in [-0.3, -0.25) is 0 Å². The minimum Gasteiger partial charge on any atom is -0.405 e. The Balaban J connectivity index is 2.19. The molecule has 2 heteroatoms. The molecule has 0 aliphatic heterocycles. The van der Waals surface area contributed by atoms with Gasteiger partial charge in [0.2, 0.25) is 0 Å². The molecule has 0 spiro atoms. The summed E-state index contributed by atoms with van der Waals surface area (Å²) in [6.07, 6.45) is 3.84. The molecule has 0 amide bonds. The lowest BCUT2D eigenvalue weighted by Crippen LogP contribution is -2.25. The van der Waals surface area contributed by atoms with Crippen molar-refractivity contribution in [3.05, 3.63) is 65.8 Å². The van der Waals surface area contributed by atoms with Gasteiger partial charge in [-0.1, -0.05) is 41.6 Å². The fourth-order valence-electron chi connectivity index (χ4n) is 1.28. The van der Waals surface area contributed by atoms with Crippen molar-refractivity contribution in [2.24, 2.45) is 0 Å². The SMILES string of the molecule is Cc1cccc([N-][n+]2ccccc2)c1. The highest BCUT2D eigenvalue weighted by Crippen LogP contribution is 2.15. The number of aryl methyl sites for hydroxylation is 1. The van der Waals surface area contributed by atoms with Crippen molar-refractivity contribution in [3.8, 4) is 0 Å². The number of aromatic nitrogens is 1. The fourth-order valence-corrected chi connectivity index (χ4v) is 1.28. The first-order chi connectivity index (χ1) is 6.84. The van der Waals surface area contributed by atoms with E-state index < -0.39 is 0 Å². The highest BCUT2D eigenvalue weighted by atomic mass is 15.4. The molecule has 0 aliphatic rings.